The fourth-order valence-corrected chi connectivity index (χ4v) is 4.28. The molecule has 7 heteroatoms. The third kappa shape index (κ3) is 3.53. The van der Waals surface area contributed by atoms with Crippen LogP contribution in [0, 0.1) is 6.92 Å². The summed E-state index contributed by atoms with van der Waals surface area (Å²) in [4.78, 5) is 9.63. The molecule has 2 aromatic heterocycles. The molecule has 25 heavy (non-hydrogen) atoms. The summed E-state index contributed by atoms with van der Waals surface area (Å²) in [7, 11) is 0. The van der Waals surface area contributed by atoms with Crippen LogP contribution in [0.15, 0.2) is 30.5 Å². The molecule has 1 aromatic carbocycles. The largest absolute Gasteiger partial charge is 0.394 e. The molecule has 4 rings (SSSR count). The first-order valence-electron chi connectivity index (χ1n) is 8.69. The summed E-state index contributed by atoms with van der Waals surface area (Å²) in [6.45, 7) is 7.72. The number of nitrogens with zero attached hydrogens (tertiary/aromatic N) is 5. The van der Waals surface area contributed by atoms with Crippen LogP contribution in [0.3, 0.4) is 0 Å². The van der Waals surface area contributed by atoms with Crippen molar-refractivity contribution in [3.8, 4) is 0 Å². The molecule has 6 nitrogen and oxygen atoms in total. The molecule has 1 N–H and O–H groups in total. The van der Waals surface area contributed by atoms with Gasteiger partial charge in [-0.05, 0) is 19.1 Å². The lowest BCUT2D eigenvalue weighted by Crippen LogP contribution is -2.46. The Hall–Kier alpha value is -1.96. The number of piperazine rings is 1. The molecule has 1 fully saturated rings. The van der Waals surface area contributed by atoms with Gasteiger partial charge in [0, 0.05) is 44.5 Å². The van der Waals surface area contributed by atoms with E-state index in [-0.39, 0.29) is 6.61 Å². The van der Waals surface area contributed by atoms with Crippen molar-refractivity contribution < 1.29 is 5.11 Å². The molecule has 3 aromatic rings. The first-order chi connectivity index (χ1) is 12.2. The van der Waals surface area contributed by atoms with Gasteiger partial charge in [-0.3, -0.25) is 9.58 Å². The Morgan fingerprint density at radius 1 is 1.16 bits per heavy atom. The predicted octanol–water partition coefficient (Wildman–Crippen LogP) is 2.12. The quantitative estimate of drug-likeness (QED) is 0.758. The van der Waals surface area contributed by atoms with Crippen LogP contribution in [0.5, 0.6) is 0 Å². The Kier molecular flexibility index (Phi) is 4.70. The van der Waals surface area contributed by atoms with Gasteiger partial charge in [-0.1, -0.05) is 23.5 Å². The van der Waals surface area contributed by atoms with E-state index >= 15 is 0 Å². The van der Waals surface area contributed by atoms with Crippen LogP contribution in [0.2, 0.25) is 0 Å². The zero-order valence-corrected chi connectivity index (χ0v) is 15.2. The highest BCUT2D eigenvalue weighted by Crippen LogP contribution is 2.29. The summed E-state index contributed by atoms with van der Waals surface area (Å²) < 4.78 is 3.09. The van der Waals surface area contributed by atoms with E-state index in [1.54, 1.807) is 11.3 Å². The van der Waals surface area contributed by atoms with Gasteiger partial charge in [-0.25, -0.2) is 4.98 Å². The van der Waals surface area contributed by atoms with Crippen LogP contribution in [0.4, 0.5) is 5.13 Å². The second-order valence-corrected chi connectivity index (χ2v) is 7.46. The molecule has 1 aliphatic rings. The number of aromatic nitrogens is 3. The Bertz CT molecular complexity index is 817. The Morgan fingerprint density at radius 3 is 2.72 bits per heavy atom. The molecule has 1 aliphatic heterocycles. The van der Waals surface area contributed by atoms with E-state index in [1.807, 2.05) is 17.7 Å². The molecule has 0 unspecified atom stereocenters. The van der Waals surface area contributed by atoms with Crippen LogP contribution in [0.25, 0.3) is 10.2 Å². The molecule has 0 spiro atoms. The van der Waals surface area contributed by atoms with Crippen molar-refractivity contribution in [2.24, 2.45) is 0 Å². The zero-order valence-electron chi connectivity index (χ0n) is 14.4. The smallest absolute Gasteiger partial charge is 0.186 e. The first kappa shape index (κ1) is 16.5. The monoisotopic (exact) mass is 357 g/mol. The lowest BCUT2D eigenvalue weighted by atomic mass is 10.2. The van der Waals surface area contributed by atoms with Gasteiger partial charge in [0.1, 0.15) is 0 Å². The number of rotatable bonds is 5. The highest BCUT2D eigenvalue weighted by Gasteiger charge is 2.20. The van der Waals surface area contributed by atoms with Gasteiger partial charge in [0.25, 0.3) is 0 Å². The molecule has 0 amide bonds. The Labute approximate surface area is 151 Å². The summed E-state index contributed by atoms with van der Waals surface area (Å²) in [5.74, 6) is 0. The van der Waals surface area contributed by atoms with Crippen LogP contribution in [0.1, 0.15) is 11.3 Å². The van der Waals surface area contributed by atoms with E-state index in [0.717, 1.165) is 49.1 Å². The Balaban J connectivity index is 1.38. The van der Waals surface area contributed by atoms with Gasteiger partial charge in [-0.15, -0.1) is 0 Å². The SMILES string of the molecule is Cc1nn(CCO)cc1CN1CCN(c2nc3ccccc3s2)CC1. The number of anilines is 1. The number of para-hydroxylation sites is 1. The zero-order chi connectivity index (χ0) is 17.2. The van der Waals surface area contributed by atoms with E-state index < -0.39 is 0 Å². The fraction of sp³-hybridized carbons (Fsp3) is 0.444. The van der Waals surface area contributed by atoms with Crippen molar-refractivity contribution in [3.63, 3.8) is 0 Å². The lowest BCUT2D eigenvalue weighted by molar-refractivity contribution is 0.249. The number of hydrogen-bond acceptors (Lipinski definition) is 6. The average molecular weight is 357 g/mol. The molecule has 0 atom stereocenters. The average Bonchev–Trinajstić information content (AvgIpc) is 3.20. The summed E-state index contributed by atoms with van der Waals surface area (Å²) in [5, 5.41) is 14.6. The maximum atomic E-state index is 9.05. The maximum Gasteiger partial charge on any atom is 0.186 e. The lowest BCUT2D eigenvalue weighted by Gasteiger charge is -2.34. The maximum absolute atomic E-state index is 9.05. The minimum atomic E-state index is 0.126. The number of aryl methyl sites for hydroxylation is 1. The standard InChI is InChI=1S/C18H23N5OS/c1-14-15(13-23(20-14)10-11-24)12-21-6-8-22(9-7-21)18-19-16-4-2-3-5-17(16)25-18/h2-5,13,24H,6-12H2,1H3. The fourth-order valence-electron chi connectivity index (χ4n) is 3.26. The van der Waals surface area contributed by atoms with E-state index in [2.05, 4.69) is 39.3 Å². The number of fused-ring (bicyclic) bond motifs is 1. The molecule has 1 saturated heterocycles. The van der Waals surface area contributed by atoms with Crippen molar-refractivity contribution in [2.45, 2.75) is 20.0 Å². The van der Waals surface area contributed by atoms with Gasteiger partial charge in [0.2, 0.25) is 0 Å². The number of thiazole rings is 1. The summed E-state index contributed by atoms with van der Waals surface area (Å²) in [6, 6.07) is 8.34. The summed E-state index contributed by atoms with van der Waals surface area (Å²) in [5.41, 5.74) is 3.40. The van der Waals surface area contributed by atoms with Crippen molar-refractivity contribution >= 4 is 26.7 Å². The van der Waals surface area contributed by atoms with Gasteiger partial charge >= 0.3 is 0 Å². The van der Waals surface area contributed by atoms with E-state index in [0.29, 0.717) is 6.54 Å². The highest BCUT2D eigenvalue weighted by molar-refractivity contribution is 7.22. The molecule has 0 saturated carbocycles. The van der Waals surface area contributed by atoms with Crippen molar-refractivity contribution in [3.05, 3.63) is 41.7 Å². The molecule has 3 heterocycles. The van der Waals surface area contributed by atoms with Gasteiger partial charge < -0.3 is 10.0 Å². The molecular weight excluding hydrogens is 334 g/mol. The van der Waals surface area contributed by atoms with Crippen LogP contribution >= 0.6 is 11.3 Å². The van der Waals surface area contributed by atoms with Crippen LogP contribution in [-0.2, 0) is 13.1 Å². The van der Waals surface area contributed by atoms with E-state index in [1.165, 1.54) is 10.3 Å². The minimum absolute atomic E-state index is 0.126. The number of aliphatic hydroxyl groups is 1. The Morgan fingerprint density at radius 2 is 1.96 bits per heavy atom. The van der Waals surface area contributed by atoms with Crippen molar-refractivity contribution in [1.82, 2.24) is 19.7 Å². The number of hydrogen-bond donors (Lipinski definition) is 1. The van der Waals surface area contributed by atoms with Crippen LogP contribution in [-0.4, -0.2) is 57.6 Å². The van der Waals surface area contributed by atoms with Gasteiger partial charge in [-0.2, -0.15) is 5.10 Å². The van der Waals surface area contributed by atoms with Gasteiger partial charge in [0.15, 0.2) is 5.13 Å². The summed E-state index contributed by atoms with van der Waals surface area (Å²) in [6.07, 6.45) is 2.06. The molecule has 0 aliphatic carbocycles. The second kappa shape index (κ2) is 7.11. The van der Waals surface area contributed by atoms with E-state index in [9.17, 15) is 0 Å². The predicted molar refractivity (Wildman–Crippen MR) is 101 cm³/mol. The minimum Gasteiger partial charge on any atom is -0.394 e. The third-order valence-corrected chi connectivity index (χ3v) is 5.79. The van der Waals surface area contributed by atoms with Crippen LogP contribution < -0.4 is 4.90 Å². The van der Waals surface area contributed by atoms with E-state index in [4.69, 9.17) is 10.1 Å². The number of aliphatic hydroxyl groups excluding tert-OH is 1. The van der Waals surface area contributed by atoms with Crippen molar-refractivity contribution in [2.75, 3.05) is 37.7 Å². The second-order valence-electron chi connectivity index (χ2n) is 6.45. The third-order valence-electron chi connectivity index (χ3n) is 4.70. The summed E-state index contributed by atoms with van der Waals surface area (Å²) >= 11 is 1.78. The highest BCUT2D eigenvalue weighted by atomic mass is 32.1. The molecule has 0 radical (unpaired) electrons. The van der Waals surface area contributed by atoms with Gasteiger partial charge in [0.05, 0.1) is 29.1 Å². The molecular formula is C18H23N5OS. The molecule has 132 valence electrons. The van der Waals surface area contributed by atoms with Crippen molar-refractivity contribution in [1.29, 1.82) is 0 Å². The normalized spacial score (nSPS) is 16.0. The first-order valence-corrected chi connectivity index (χ1v) is 9.51. The number of benzene rings is 1. The topological polar surface area (TPSA) is 57.4 Å². The molecule has 0 bridgehead atoms.